The summed E-state index contributed by atoms with van der Waals surface area (Å²) in [4.78, 5) is 25.7. The molecule has 0 atom stereocenters. The Balaban J connectivity index is 0.000000468. The van der Waals surface area contributed by atoms with Gasteiger partial charge in [0.25, 0.3) is 0 Å². The highest BCUT2D eigenvalue weighted by molar-refractivity contribution is 9.50. The van der Waals surface area contributed by atoms with E-state index in [0.717, 1.165) is 0 Å². The van der Waals surface area contributed by atoms with Gasteiger partial charge in [-0.3, -0.25) is 9.59 Å². The Labute approximate surface area is 505 Å². The fourth-order valence-corrected chi connectivity index (χ4v) is 82.4. The van der Waals surface area contributed by atoms with Crippen LogP contribution in [-0.4, -0.2) is 42.5 Å². The van der Waals surface area contributed by atoms with Crippen LogP contribution in [0.1, 0.15) is 31.8 Å². The van der Waals surface area contributed by atoms with Crippen molar-refractivity contribution >= 4 is 320 Å². The van der Waals surface area contributed by atoms with Crippen LogP contribution in [-0.2, 0) is 12.4 Å². The van der Waals surface area contributed by atoms with E-state index in [9.17, 15) is 46.0 Å². The van der Waals surface area contributed by atoms with Crippen molar-refractivity contribution in [2.24, 2.45) is 0 Å². The number of hydrogen-bond donors (Lipinski definition) is 0. The smallest absolute Gasteiger partial charge is 0.416 e. The van der Waals surface area contributed by atoms with Gasteiger partial charge in [-0.15, -0.1) is 0 Å². The molecule has 348 valence electrons. The summed E-state index contributed by atoms with van der Waals surface area (Å²) >= 11 is 65.3. The fraction of sp³-hybridized carbons (Fsp3) is 0.333. The number of carbonyl (C=O) groups is 2. The van der Waals surface area contributed by atoms with Crippen LogP contribution in [0, 0.1) is 0 Å². The zero-order chi connectivity index (χ0) is 48.9. The number of Topliss-reactive ketones (excluding diaryl/α,β-unsaturated/α-hetero) is 2. The first kappa shape index (κ1) is 65.9. The molecule has 3 rings (SSSR count). The number of rotatable bonds is 8. The van der Waals surface area contributed by atoms with Crippen LogP contribution in [0.25, 0.3) is 0 Å². The summed E-state index contributed by atoms with van der Waals surface area (Å²) in [5.74, 6) is -1.02. The Morgan fingerprint density at radius 1 is 0.468 bits per heavy atom. The van der Waals surface area contributed by atoms with Crippen LogP contribution in [0.3, 0.4) is 0 Å². The maximum Gasteiger partial charge on any atom is 0.416 e. The molecule has 3 aromatic carbocycles. The summed E-state index contributed by atoms with van der Waals surface area (Å²) in [6, 6.07) is 18.6. The maximum atomic E-state index is 12.8. The number of ketones is 2. The third kappa shape index (κ3) is 18.7. The lowest BCUT2D eigenvalue weighted by Gasteiger charge is -2.43. The standard InChI is InChI=1S/2C11H7Br9OP.C8H3BF6O3/c2*12-9(13,14)22(10(15,16)17,11(18,19)20)6-8(21)7-4-2-1-3-5-7;10-7(11,12)4-1-5(8(13,14)15)3-6(2-4)18-9(16)17/h2*1-5H,6H2;1-3H/q2*+1;-2. The molecule has 0 spiro atoms. The highest BCUT2D eigenvalue weighted by Crippen LogP contribution is 2.97. The van der Waals surface area contributed by atoms with Gasteiger partial charge < -0.3 is 14.7 Å². The molecule has 0 aliphatic heterocycles. The molecule has 0 saturated carbocycles. The second-order valence-corrected chi connectivity index (χ2v) is 71.0. The molecular weight excluding hydrogens is 2070 g/mol. The molecule has 0 unspecified atom stereocenters. The third-order valence-electron chi connectivity index (χ3n) is 7.34. The maximum absolute atomic E-state index is 12.8. The van der Waals surface area contributed by atoms with Crippen molar-refractivity contribution in [1.82, 2.24) is 0 Å². The normalized spacial score (nSPS) is 13.6. The number of hydrogen-bond acceptors (Lipinski definition) is 5. The monoisotopic (exact) mass is 2060 g/mol. The first-order valence-corrected chi connectivity index (χ1v) is 33.3. The zero-order valence-electron chi connectivity index (χ0n) is 29.0. The van der Waals surface area contributed by atoms with Crippen LogP contribution < -0.4 is 14.7 Å². The Hall–Kier alpha value is 5.86. The van der Waals surface area contributed by atoms with Crippen molar-refractivity contribution in [1.29, 1.82) is 0 Å². The van der Waals surface area contributed by atoms with E-state index in [1.54, 1.807) is 0 Å². The average Bonchev–Trinajstić information content (AvgIpc) is 3.06. The van der Waals surface area contributed by atoms with Gasteiger partial charge in [-0.05, 0) is 305 Å². The molecular formula is C30H17BBr18F6O5P2. The van der Waals surface area contributed by atoms with Crippen molar-refractivity contribution in [2.75, 3.05) is 12.3 Å². The van der Waals surface area contributed by atoms with Gasteiger partial charge in [0.05, 0.1) is 16.9 Å². The zero-order valence-corrected chi connectivity index (χ0v) is 59.3. The van der Waals surface area contributed by atoms with Crippen molar-refractivity contribution in [2.45, 2.75) is 23.7 Å². The quantitative estimate of drug-likeness (QED) is 0.0737. The highest BCUT2D eigenvalue weighted by Gasteiger charge is 2.77. The SMILES string of the molecule is O=C(C[P+](C(Br)(Br)Br)(C(Br)(Br)Br)C(Br)(Br)Br)c1ccccc1.O=C(C[P+](C(Br)(Br)Br)(C(Br)(Br)Br)C(Br)(Br)Br)c1ccccc1.[O-]B([O-])Oc1cc(C(F)(F)F)cc(C(F)(F)F)c1. The molecule has 0 aromatic heterocycles. The molecule has 0 radical (unpaired) electrons. The van der Waals surface area contributed by atoms with E-state index < -0.39 is 62.4 Å². The van der Waals surface area contributed by atoms with Crippen molar-refractivity contribution in [3.8, 4) is 5.75 Å². The average molecular weight is 2080 g/mol. The summed E-state index contributed by atoms with van der Waals surface area (Å²) in [6.07, 6.45) is -9.58. The molecule has 5 nitrogen and oxygen atoms in total. The fourth-order valence-electron chi connectivity index (χ4n) is 4.37. The van der Waals surface area contributed by atoms with Gasteiger partial charge in [-0.25, -0.2) is 0 Å². The minimum absolute atomic E-state index is 0.0297. The van der Waals surface area contributed by atoms with Crippen LogP contribution in [0.2, 0.25) is 0 Å². The summed E-state index contributed by atoms with van der Waals surface area (Å²) < 4.78 is 73.3. The van der Waals surface area contributed by atoms with Crippen LogP contribution in [0.4, 0.5) is 26.3 Å². The predicted molar refractivity (Wildman–Crippen MR) is 305 cm³/mol. The molecule has 0 fully saturated rings. The number of alkyl halides is 24. The van der Waals surface area contributed by atoms with Crippen LogP contribution in [0.5, 0.6) is 5.75 Å². The second kappa shape index (κ2) is 25.9. The Bertz CT molecular complexity index is 1750. The summed E-state index contributed by atoms with van der Waals surface area (Å²) in [5.41, 5.74) is -1.99. The molecule has 0 heterocycles. The van der Waals surface area contributed by atoms with Crippen molar-refractivity contribution < 1.29 is 50.6 Å². The van der Waals surface area contributed by atoms with E-state index in [4.69, 9.17) is 0 Å². The molecule has 0 amide bonds. The van der Waals surface area contributed by atoms with Gasteiger partial charge >= 0.3 is 12.4 Å². The van der Waals surface area contributed by atoms with Crippen molar-refractivity contribution in [3.05, 3.63) is 101 Å². The van der Waals surface area contributed by atoms with Gasteiger partial charge in [-0.2, -0.15) is 26.3 Å². The Kier molecular flexibility index (Phi) is 27.5. The predicted octanol–water partition coefficient (Wildman–Crippen LogP) is 19.4. The molecule has 0 aliphatic carbocycles. The summed E-state index contributed by atoms with van der Waals surface area (Å²) in [5, 5.41) is 20.2. The summed E-state index contributed by atoms with van der Waals surface area (Å²) in [7, 11) is -7.76. The Morgan fingerprint density at radius 3 is 0.903 bits per heavy atom. The molecule has 32 heteroatoms. The highest BCUT2D eigenvalue weighted by atomic mass is 80.0. The Morgan fingerprint density at radius 2 is 0.710 bits per heavy atom. The summed E-state index contributed by atoms with van der Waals surface area (Å²) in [6.45, 7) is 0. The van der Waals surface area contributed by atoms with Gasteiger partial charge in [-0.1, -0.05) is 60.7 Å². The molecule has 62 heavy (non-hydrogen) atoms. The second-order valence-electron chi connectivity index (χ2n) is 11.5. The molecule has 0 N–H and O–H groups in total. The topological polar surface area (TPSA) is 89.5 Å². The molecule has 0 aliphatic rings. The van der Waals surface area contributed by atoms with E-state index in [1.165, 1.54) is 0 Å². The van der Waals surface area contributed by atoms with Gasteiger partial charge in [0.1, 0.15) is 34.2 Å². The number of benzene rings is 3. The minimum Gasteiger partial charge on any atom is -0.860 e. The van der Waals surface area contributed by atoms with E-state index in [2.05, 4.69) is 291 Å². The van der Waals surface area contributed by atoms with Crippen LogP contribution >= 0.6 is 301 Å². The largest absolute Gasteiger partial charge is 0.860 e. The van der Waals surface area contributed by atoms with E-state index >= 15 is 0 Å². The number of halogens is 24. The third-order valence-corrected chi connectivity index (χ3v) is 46.8. The lowest BCUT2D eigenvalue weighted by atomic mass is 10.1. The van der Waals surface area contributed by atoms with Crippen molar-refractivity contribution in [3.63, 3.8) is 0 Å². The molecule has 0 bridgehead atoms. The lowest BCUT2D eigenvalue weighted by molar-refractivity contribution is -0.372. The first-order chi connectivity index (χ1) is 27.5. The van der Waals surface area contributed by atoms with Crippen LogP contribution in [0.15, 0.2) is 78.9 Å². The van der Waals surface area contributed by atoms with E-state index in [0.29, 0.717) is 11.1 Å². The molecule has 3 aromatic rings. The first-order valence-electron chi connectivity index (χ1n) is 15.1. The minimum atomic E-state index is -5.05. The van der Waals surface area contributed by atoms with Gasteiger partial charge in [0.15, 0.2) is 11.6 Å². The number of carbonyl (C=O) groups excluding carboxylic acids is 2. The molecule has 0 saturated heterocycles. The van der Waals surface area contributed by atoms with E-state index in [-0.39, 0.29) is 42.1 Å². The van der Waals surface area contributed by atoms with Gasteiger partial charge in [0, 0.05) is 11.1 Å². The lowest BCUT2D eigenvalue weighted by Crippen LogP contribution is -2.50. The van der Waals surface area contributed by atoms with Gasteiger partial charge in [0.2, 0.25) is 11.3 Å². The van der Waals surface area contributed by atoms with E-state index in [1.807, 2.05) is 60.7 Å².